The second-order valence-corrected chi connectivity index (χ2v) is 4.81. The maximum atomic E-state index is 12.2. The van der Waals surface area contributed by atoms with E-state index in [1.165, 1.54) is 0 Å². The Kier molecular flexibility index (Phi) is 3.11. The number of rotatable bonds is 3. The van der Waals surface area contributed by atoms with Gasteiger partial charge in [-0.3, -0.25) is 4.57 Å². The predicted molar refractivity (Wildman–Crippen MR) is 71.5 cm³/mol. The molecule has 0 amide bonds. The lowest BCUT2D eigenvalue weighted by Gasteiger charge is -2.09. The number of aryl methyl sites for hydroxylation is 1. The van der Waals surface area contributed by atoms with Gasteiger partial charge in [-0.05, 0) is 30.5 Å². The van der Waals surface area contributed by atoms with E-state index in [1.54, 1.807) is 16.4 Å². The summed E-state index contributed by atoms with van der Waals surface area (Å²) in [5.74, 6) is 1.74. The van der Waals surface area contributed by atoms with E-state index in [2.05, 4.69) is 5.10 Å². The van der Waals surface area contributed by atoms with E-state index in [1.807, 2.05) is 24.3 Å². The highest BCUT2D eigenvalue weighted by Crippen LogP contribution is 2.13. The maximum Gasteiger partial charge on any atom is 0.346 e. The highest BCUT2D eigenvalue weighted by Gasteiger charge is 2.16. The fourth-order valence-electron chi connectivity index (χ4n) is 2.46. The van der Waals surface area contributed by atoms with E-state index < -0.39 is 0 Å². The Morgan fingerprint density at radius 3 is 2.74 bits per heavy atom. The van der Waals surface area contributed by atoms with E-state index in [0.29, 0.717) is 6.54 Å². The normalized spacial score (nSPS) is 14.2. The van der Waals surface area contributed by atoms with Crippen LogP contribution < -0.4 is 10.4 Å². The van der Waals surface area contributed by atoms with Gasteiger partial charge in [0, 0.05) is 13.0 Å². The van der Waals surface area contributed by atoms with Gasteiger partial charge in [-0.15, -0.1) is 0 Å². The smallest absolute Gasteiger partial charge is 0.346 e. The van der Waals surface area contributed by atoms with Crippen LogP contribution in [0.25, 0.3) is 0 Å². The van der Waals surface area contributed by atoms with Gasteiger partial charge in [0.2, 0.25) is 0 Å². The molecule has 0 radical (unpaired) electrons. The minimum atomic E-state index is 0.00511. The first-order valence-corrected chi connectivity index (χ1v) is 6.57. The molecule has 0 unspecified atom stereocenters. The Morgan fingerprint density at radius 1 is 1.26 bits per heavy atom. The number of methoxy groups -OCH3 is 1. The maximum absolute atomic E-state index is 12.2. The van der Waals surface area contributed by atoms with Crippen LogP contribution in [0, 0.1) is 0 Å². The van der Waals surface area contributed by atoms with Crippen LogP contribution in [0.5, 0.6) is 5.75 Å². The number of benzene rings is 1. The third kappa shape index (κ3) is 2.28. The van der Waals surface area contributed by atoms with Crippen molar-refractivity contribution in [2.75, 3.05) is 7.11 Å². The summed E-state index contributed by atoms with van der Waals surface area (Å²) in [6.45, 7) is 1.32. The zero-order valence-corrected chi connectivity index (χ0v) is 11.0. The summed E-state index contributed by atoms with van der Waals surface area (Å²) in [5, 5.41) is 4.42. The van der Waals surface area contributed by atoms with Crippen LogP contribution in [0.1, 0.15) is 24.2 Å². The summed E-state index contributed by atoms with van der Waals surface area (Å²) in [6, 6.07) is 7.72. The molecule has 0 spiro atoms. The SMILES string of the molecule is COc1ccc(Cn2nc3n(c2=O)CCCC3)cc1. The average Bonchev–Trinajstić information content (AvgIpc) is 2.77. The van der Waals surface area contributed by atoms with Crippen molar-refractivity contribution in [3.63, 3.8) is 0 Å². The van der Waals surface area contributed by atoms with Crippen molar-refractivity contribution in [3.05, 3.63) is 46.1 Å². The molecule has 2 aromatic rings. The molecule has 5 heteroatoms. The quantitative estimate of drug-likeness (QED) is 0.838. The summed E-state index contributed by atoms with van der Waals surface area (Å²) < 4.78 is 8.48. The number of ether oxygens (including phenoxy) is 1. The number of hydrogen-bond donors (Lipinski definition) is 0. The molecule has 1 aliphatic heterocycles. The number of aromatic nitrogens is 3. The molecule has 100 valence electrons. The molecule has 19 heavy (non-hydrogen) atoms. The second kappa shape index (κ2) is 4.91. The van der Waals surface area contributed by atoms with Crippen LogP contribution in [-0.4, -0.2) is 21.5 Å². The average molecular weight is 259 g/mol. The van der Waals surface area contributed by atoms with Gasteiger partial charge in [0.15, 0.2) is 0 Å². The molecule has 0 atom stereocenters. The molecule has 3 rings (SSSR count). The molecule has 1 aliphatic rings. The first kappa shape index (κ1) is 12.0. The van der Waals surface area contributed by atoms with Gasteiger partial charge in [0.05, 0.1) is 13.7 Å². The van der Waals surface area contributed by atoms with Crippen molar-refractivity contribution in [1.82, 2.24) is 14.3 Å². The van der Waals surface area contributed by atoms with Gasteiger partial charge in [0.25, 0.3) is 0 Å². The van der Waals surface area contributed by atoms with Crippen LogP contribution in [-0.2, 0) is 19.5 Å². The van der Waals surface area contributed by atoms with Crippen molar-refractivity contribution in [3.8, 4) is 5.75 Å². The first-order valence-electron chi connectivity index (χ1n) is 6.57. The highest BCUT2D eigenvalue weighted by molar-refractivity contribution is 5.27. The summed E-state index contributed by atoms with van der Waals surface area (Å²) >= 11 is 0. The van der Waals surface area contributed by atoms with E-state index in [-0.39, 0.29) is 5.69 Å². The van der Waals surface area contributed by atoms with E-state index >= 15 is 0 Å². The van der Waals surface area contributed by atoms with Crippen molar-refractivity contribution >= 4 is 0 Å². The van der Waals surface area contributed by atoms with Gasteiger partial charge in [0.1, 0.15) is 11.6 Å². The third-order valence-corrected chi connectivity index (χ3v) is 3.52. The van der Waals surface area contributed by atoms with Crippen LogP contribution in [0.4, 0.5) is 0 Å². The lowest BCUT2D eigenvalue weighted by atomic mass is 10.2. The molecule has 0 saturated carbocycles. The number of nitrogens with zero attached hydrogens (tertiary/aromatic N) is 3. The minimum absolute atomic E-state index is 0.00511. The largest absolute Gasteiger partial charge is 0.497 e. The van der Waals surface area contributed by atoms with Crippen molar-refractivity contribution in [1.29, 1.82) is 0 Å². The summed E-state index contributed by atoms with van der Waals surface area (Å²) in [4.78, 5) is 12.2. The fourth-order valence-corrected chi connectivity index (χ4v) is 2.46. The third-order valence-electron chi connectivity index (χ3n) is 3.52. The van der Waals surface area contributed by atoms with Gasteiger partial charge in [-0.25, -0.2) is 9.48 Å². The summed E-state index contributed by atoms with van der Waals surface area (Å²) in [6.07, 6.45) is 3.10. The molecule has 1 aromatic carbocycles. The highest BCUT2D eigenvalue weighted by atomic mass is 16.5. The topological polar surface area (TPSA) is 49.0 Å². The van der Waals surface area contributed by atoms with E-state index in [9.17, 15) is 4.79 Å². The zero-order valence-electron chi connectivity index (χ0n) is 11.0. The van der Waals surface area contributed by atoms with Gasteiger partial charge in [-0.1, -0.05) is 12.1 Å². The Morgan fingerprint density at radius 2 is 2.05 bits per heavy atom. The standard InChI is InChI=1S/C14H17N3O2/c1-19-12-7-5-11(6-8-12)10-17-14(18)16-9-3-2-4-13(16)15-17/h5-8H,2-4,9-10H2,1H3. The first-order chi connectivity index (χ1) is 9.28. The van der Waals surface area contributed by atoms with Crippen molar-refractivity contribution in [2.24, 2.45) is 0 Å². The fraction of sp³-hybridized carbons (Fsp3) is 0.429. The molecule has 0 bridgehead atoms. The molecule has 0 N–H and O–H groups in total. The van der Waals surface area contributed by atoms with Gasteiger partial charge < -0.3 is 4.74 Å². The molecule has 2 heterocycles. The van der Waals surface area contributed by atoms with E-state index in [4.69, 9.17) is 4.74 Å². The van der Waals surface area contributed by atoms with Crippen LogP contribution in [0.15, 0.2) is 29.1 Å². The van der Waals surface area contributed by atoms with Crippen LogP contribution in [0.3, 0.4) is 0 Å². The Labute approximate surface area is 111 Å². The van der Waals surface area contributed by atoms with Crippen molar-refractivity contribution in [2.45, 2.75) is 32.4 Å². The number of fused-ring (bicyclic) bond motifs is 1. The van der Waals surface area contributed by atoms with Gasteiger partial charge in [-0.2, -0.15) is 5.10 Å². The minimum Gasteiger partial charge on any atom is -0.497 e. The van der Waals surface area contributed by atoms with Crippen molar-refractivity contribution < 1.29 is 4.74 Å². The summed E-state index contributed by atoms with van der Waals surface area (Å²) in [5.41, 5.74) is 1.06. The number of hydrogen-bond acceptors (Lipinski definition) is 3. The molecule has 0 saturated heterocycles. The molecule has 1 aromatic heterocycles. The molecule has 5 nitrogen and oxygen atoms in total. The zero-order chi connectivity index (χ0) is 13.2. The lowest BCUT2D eigenvalue weighted by Crippen LogP contribution is -2.27. The molecule has 0 aliphatic carbocycles. The van der Waals surface area contributed by atoms with Crippen LogP contribution >= 0.6 is 0 Å². The molecular weight excluding hydrogens is 242 g/mol. The lowest BCUT2D eigenvalue weighted by molar-refractivity contribution is 0.414. The second-order valence-electron chi connectivity index (χ2n) is 4.81. The van der Waals surface area contributed by atoms with E-state index in [0.717, 1.165) is 42.9 Å². The Bertz CT molecular complexity index is 625. The summed E-state index contributed by atoms with van der Waals surface area (Å²) in [7, 11) is 1.64. The predicted octanol–water partition coefficient (Wildman–Crippen LogP) is 1.44. The molecular formula is C14H17N3O2. The van der Waals surface area contributed by atoms with Gasteiger partial charge >= 0.3 is 5.69 Å². The molecule has 0 fully saturated rings. The Hall–Kier alpha value is -2.04. The monoisotopic (exact) mass is 259 g/mol. The Balaban J connectivity index is 1.86. The van der Waals surface area contributed by atoms with Crippen LogP contribution in [0.2, 0.25) is 0 Å².